The molecule has 24 heavy (non-hydrogen) atoms. The van der Waals surface area contributed by atoms with Crippen LogP contribution in [0.15, 0.2) is 27.4 Å². The third-order valence-corrected chi connectivity index (χ3v) is 4.09. The molecule has 0 saturated carbocycles. The van der Waals surface area contributed by atoms with Gasteiger partial charge in [-0.1, -0.05) is 57.9 Å². The summed E-state index contributed by atoms with van der Waals surface area (Å²) in [5, 5.41) is 20.1. The number of aromatic hydroxyl groups is 2. The normalized spacial score (nSPS) is 11.0. The molecule has 0 unspecified atom stereocenters. The van der Waals surface area contributed by atoms with Crippen molar-refractivity contribution < 1.29 is 19.4 Å². The van der Waals surface area contributed by atoms with Crippen LogP contribution in [0.1, 0.15) is 58.3 Å². The zero-order chi connectivity index (χ0) is 17.4. The van der Waals surface area contributed by atoms with Gasteiger partial charge in [0.25, 0.3) is 0 Å². The molecule has 0 aliphatic rings. The summed E-state index contributed by atoms with van der Waals surface area (Å²) in [4.78, 5) is 11.7. The number of unbranched alkanes of at least 4 members (excludes halogenated alkanes) is 7. The molecular weight excluding hydrogens is 308 g/mol. The highest BCUT2D eigenvalue weighted by molar-refractivity contribution is 5.89. The molecule has 5 nitrogen and oxygen atoms in total. The van der Waals surface area contributed by atoms with E-state index in [0.29, 0.717) is 12.0 Å². The van der Waals surface area contributed by atoms with Crippen LogP contribution in [0.5, 0.6) is 17.2 Å². The summed E-state index contributed by atoms with van der Waals surface area (Å²) >= 11 is 0. The Balaban J connectivity index is 1.88. The first-order valence-corrected chi connectivity index (χ1v) is 8.75. The molecule has 0 aliphatic heterocycles. The minimum Gasteiger partial charge on any atom is -0.504 e. The summed E-state index contributed by atoms with van der Waals surface area (Å²) in [6, 6.07) is 4.67. The summed E-state index contributed by atoms with van der Waals surface area (Å²) in [5.74, 6) is -0.616. The largest absolute Gasteiger partial charge is 0.504 e. The Morgan fingerprint density at radius 2 is 1.67 bits per heavy atom. The average Bonchev–Trinajstić information content (AvgIpc) is 2.57. The first-order valence-electron chi connectivity index (χ1n) is 8.75. The van der Waals surface area contributed by atoms with E-state index in [1.807, 2.05) is 0 Å². The lowest BCUT2D eigenvalue weighted by Gasteiger charge is -2.10. The van der Waals surface area contributed by atoms with E-state index in [1.54, 1.807) is 12.1 Å². The molecule has 1 aromatic carbocycles. The molecule has 5 heteroatoms. The molecule has 1 heterocycles. The van der Waals surface area contributed by atoms with E-state index in [-0.39, 0.29) is 17.1 Å². The lowest BCUT2D eigenvalue weighted by Crippen LogP contribution is -2.05. The topological polar surface area (TPSA) is 79.9 Å². The van der Waals surface area contributed by atoms with E-state index in [4.69, 9.17) is 9.15 Å². The van der Waals surface area contributed by atoms with Gasteiger partial charge in [-0.05, 0) is 18.6 Å². The van der Waals surface area contributed by atoms with Crippen molar-refractivity contribution in [1.82, 2.24) is 0 Å². The second-order valence-corrected chi connectivity index (χ2v) is 6.04. The second-order valence-electron chi connectivity index (χ2n) is 6.04. The van der Waals surface area contributed by atoms with Crippen molar-refractivity contribution >= 4 is 11.0 Å². The highest BCUT2D eigenvalue weighted by Crippen LogP contribution is 2.35. The SMILES string of the molecule is CCCCCCCCCCOc1c(O)c(=O)oc2c(O)cccc12. The molecule has 0 fully saturated rings. The van der Waals surface area contributed by atoms with Crippen molar-refractivity contribution in [3.05, 3.63) is 28.6 Å². The lowest BCUT2D eigenvalue weighted by atomic mass is 10.1. The van der Waals surface area contributed by atoms with Crippen LogP contribution < -0.4 is 10.4 Å². The van der Waals surface area contributed by atoms with Gasteiger partial charge in [-0.25, -0.2) is 4.79 Å². The molecule has 0 amide bonds. The summed E-state index contributed by atoms with van der Waals surface area (Å²) in [6.45, 7) is 2.62. The predicted octanol–water partition coefficient (Wildman–Crippen LogP) is 4.72. The van der Waals surface area contributed by atoms with Gasteiger partial charge < -0.3 is 19.4 Å². The number of para-hydroxylation sites is 1. The summed E-state index contributed by atoms with van der Waals surface area (Å²) < 4.78 is 10.5. The lowest BCUT2D eigenvalue weighted by molar-refractivity contribution is 0.285. The van der Waals surface area contributed by atoms with E-state index >= 15 is 0 Å². The third kappa shape index (κ3) is 4.66. The molecule has 0 saturated heterocycles. The van der Waals surface area contributed by atoms with Crippen LogP contribution >= 0.6 is 0 Å². The first kappa shape index (κ1) is 18.2. The molecule has 0 atom stereocenters. The number of hydrogen-bond donors (Lipinski definition) is 2. The maximum atomic E-state index is 11.7. The fourth-order valence-electron chi connectivity index (χ4n) is 2.73. The van der Waals surface area contributed by atoms with Crippen LogP contribution in [0.3, 0.4) is 0 Å². The number of fused-ring (bicyclic) bond motifs is 1. The van der Waals surface area contributed by atoms with Crippen molar-refractivity contribution in [2.24, 2.45) is 0 Å². The van der Waals surface area contributed by atoms with E-state index < -0.39 is 11.4 Å². The molecule has 0 aliphatic carbocycles. The Morgan fingerprint density at radius 3 is 2.38 bits per heavy atom. The van der Waals surface area contributed by atoms with Gasteiger partial charge in [-0.3, -0.25) is 0 Å². The third-order valence-electron chi connectivity index (χ3n) is 4.09. The maximum Gasteiger partial charge on any atom is 0.382 e. The van der Waals surface area contributed by atoms with Crippen molar-refractivity contribution in [1.29, 1.82) is 0 Å². The average molecular weight is 334 g/mol. The Morgan fingerprint density at radius 1 is 1.00 bits per heavy atom. The quantitative estimate of drug-likeness (QED) is 0.485. The maximum absolute atomic E-state index is 11.7. The molecule has 0 spiro atoms. The van der Waals surface area contributed by atoms with Crippen molar-refractivity contribution in [2.45, 2.75) is 58.3 Å². The van der Waals surface area contributed by atoms with Gasteiger partial charge in [-0.15, -0.1) is 0 Å². The molecule has 2 rings (SSSR count). The monoisotopic (exact) mass is 334 g/mol. The number of rotatable bonds is 10. The molecule has 132 valence electrons. The Labute approximate surface area is 141 Å². The zero-order valence-electron chi connectivity index (χ0n) is 14.2. The summed E-state index contributed by atoms with van der Waals surface area (Å²) in [6.07, 6.45) is 9.44. The van der Waals surface area contributed by atoms with Crippen LogP contribution in [0.2, 0.25) is 0 Å². The smallest absolute Gasteiger partial charge is 0.382 e. The highest BCUT2D eigenvalue weighted by Gasteiger charge is 2.17. The van der Waals surface area contributed by atoms with E-state index in [9.17, 15) is 15.0 Å². The van der Waals surface area contributed by atoms with Crippen LogP contribution in [-0.4, -0.2) is 16.8 Å². The Hall–Kier alpha value is -2.17. The Bertz CT molecular complexity index is 705. The fraction of sp³-hybridized carbons (Fsp3) is 0.526. The van der Waals surface area contributed by atoms with Crippen molar-refractivity contribution in [2.75, 3.05) is 6.61 Å². The Kier molecular flexibility index (Phi) is 6.97. The number of benzene rings is 1. The van der Waals surface area contributed by atoms with Crippen molar-refractivity contribution in [3.8, 4) is 17.2 Å². The first-order chi connectivity index (χ1) is 11.6. The number of ether oxygens (including phenoxy) is 1. The number of hydrogen-bond acceptors (Lipinski definition) is 5. The minimum atomic E-state index is -0.907. The molecule has 2 aromatic rings. The summed E-state index contributed by atoms with van der Waals surface area (Å²) in [5.41, 5.74) is -0.874. The van der Waals surface area contributed by atoms with Crippen LogP contribution in [0.25, 0.3) is 11.0 Å². The zero-order valence-corrected chi connectivity index (χ0v) is 14.2. The molecule has 1 aromatic heterocycles. The van der Waals surface area contributed by atoms with Gasteiger partial charge >= 0.3 is 5.63 Å². The molecule has 0 radical (unpaired) electrons. The van der Waals surface area contributed by atoms with Gasteiger partial charge in [0.2, 0.25) is 5.75 Å². The van der Waals surface area contributed by atoms with E-state index in [1.165, 1.54) is 38.2 Å². The summed E-state index contributed by atoms with van der Waals surface area (Å²) in [7, 11) is 0. The number of phenolic OH excluding ortho intramolecular Hbond substituents is 1. The van der Waals surface area contributed by atoms with E-state index in [0.717, 1.165) is 19.3 Å². The molecule has 2 N–H and O–H groups in total. The number of phenols is 1. The molecule has 0 bridgehead atoms. The van der Waals surface area contributed by atoms with Crippen LogP contribution in [0, 0.1) is 0 Å². The predicted molar refractivity (Wildman–Crippen MR) is 93.9 cm³/mol. The highest BCUT2D eigenvalue weighted by atomic mass is 16.5. The minimum absolute atomic E-state index is 0.0335. The van der Waals surface area contributed by atoms with Gasteiger partial charge in [0, 0.05) is 0 Å². The van der Waals surface area contributed by atoms with Gasteiger partial charge in [-0.2, -0.15) is 0 Å². The second kappa shape index (κ2) is 9.21. The van der Waals surface area contributed by atoms with Gasteiger partial charge in [0.1, 0.15) is 0 Å². The van der Waals surface area contributed by atoms with Gasteiger partial charge in [0.15, 0.2) is 17.1 Å². The van der Waals surface area contributed by atoms with Crippen molar-refractivity contribution in [3.63, 3.8) is 0 Å². The van der Waals surface area contributed by atoms with Gasteiger partial charge in [0.05, 0.1) is 12.0 Å². The van der Waals surface area contributed by atoms with Crippen LogP contribution in [-0.2, 0) is 0 Å². The fourth-order valence-corrected chi connectivity index (χ4v) is 2.73. The molecular formula is C19H26O5. The van der Waals surface area contributed by atoms with E-state index in [2.05, 4.69) is 6.92 Å². The standard InChI is InChI=1S/C19H26O5/c1-2-3-4-5-6-7-8-9-13-23-18-14-11-10-12-15(20)17(14)24-19(22)16(18)21/h10-12,20-21H,2-9,13H2,1H3. The van der Waals surface area contributed by atoms with Crippen LogP contribution in [0.4, 0.5) is 0 Å².